The van der Waals surface area contributed by atoms with Crippen LogP contribution in [0.25, 0.3) is 0 Å². The molecule has 3 N–H and O–H groups in total. The third-order valence-corrected chi connectivity index (χ3v) is 4.72. The van der Waals surface area contributed by atoms with Crippen LogP contribution < -0.4 is 10.6 Å². The Morgan fingerprint density at radius 2 is 1.22 bits per heavy atom. The van der Waals surface area contributed by atoms with Crippen molar-refractivity contribution < 1.29 is 19.5 Å². The van der Waals surface area contributed by atoms with Gasteiger partial charge in [0, 0.05) is 6.42 Å². The quantitative estimate of drug-likeness (QED) is 0.328. The lowest BCUT2D eigenvalue weighted by atomic mass is 10.1. The number of carbonyl (C=O) groups excluding carboxylic acids is 2. The van der Waals surface area contributed by atoms with Gasteiger partial charge in [-0.3, -0.25) is 9.59 Å². The molecule has 0 radical (unpaired) electrons. The fourth-order valence-electron chi connectivity index (χ4n) is 2.95. The second-order valence-electron chi connectivity index (χ2n) is 7.32. The molecule has 0 spiro atoms. The van der Waals surface area contributed by atoms with Crippen LogP contribution in [0.1, 0.15) is 104 Å². The molecule has 0 rings (SSSR count). The molecule has 2 amide bonds. The molecule has 0 aromatic carbocycles. The van der Waals surface area contributed by atoms with Gasteiger partial charge in [0.1, 0.15) is 12.1 Å². The van der Waals surface area contributed by atoms with Crippen LogP contribution in [0.3, 0.4) is 0 Å². The van der Waals surface area contributed by atoms with Crippen LogP contribution in [0.4, 0.5) is 0 Å². The minimum atomic E-state index is -1.02. The maximum absolute atomic E-state index is 12.5. The van der Waals surface area contributed by atoms with Gasteiger partial charge >= 0.3 is 5.97 Å². The van der Waals surface area contributed by atoms with E-state index < -0.39 is 18.1 Å². The maximum Gasteiger partial charge on any atom is 0.326 e. The van der Waals surface area contributed by atoms with E-state index in [2.05, 4.69) is 17.6 Å². The standard InChI is InChI=1S/C21H40N2O4/c1-4-7-10-11-12-13-16-19(24)22-17(14-8-5-2)20(25)23-18(21(26)27)15-9-6-3/h17-18H,4-16H2,1-3H3,(H,22,24)(H,23,25)(H,26,27). The van der Waals surface area contributed by atoms with Crippen molar-refractivity contribution in [1.29, 1.82) is 0 Å². The summed E-state index contributed by atoms with van der Waals surface area (Å²) in [6.45, 7) is 6.17. The number of amides is 2. The lowest BCUT2D eigenvalue weighted by Crippen LogP contribution is -2.51. The second kappa shape index (κ2) is 16.6. The van der Waals surface area contributed by atoms with E-state index in [1.54, 1.807) is 0 Å². The number of hydrogen-bond donors (Lipinski definition) is 3. The van der Waals surface area contributed by atoms with Gasteiger partial charge in [0.15, 0.2) is 0 Å². The molecule has 0 aromatic rings. The Bertz CT molecular complexity index is 426. The molecule has 2 unspecified atom stereocenters. The summed E-state index contributed by atoms with van der Waals surface area (Å²) in [5, 5.41) is 14.7. The highest BCUT2D eigenvalue weighted by Crippen LogP contribution is 2.08. The van der Waals surface area contributed by atoms with Crippen LogP contribution in [0.15, 0.2) is 0 Å². The third kappa shape index (κ3) is 13.3. The largest absolute Gasteiger partial charge is 0.480 e. The van der Waals surface area contributed by atoms with Crippen LogP contribution >= 0.6 is 0 Å². The first-order chi connectivity index (χ1) is 13.0. The lowest BCUT2D eigenvalue weighted by molar-refractivity contribution is -0.142. The van der Waals surface area contributed by atoms with Gasteiger partial charge in [-0.15, -0.1) is 0 Å². The summed E-state index contributed by atoms with van der Waals surface area (Å²) in [6, 6.07) is -1.54. The molecule has 6 nitrogen and oxygen atoms in total. The summed E-state index contributed by atoms with van der Waals surface area (Å²) in [7, 11) is 0. The Morgan fingerprint density at radius 3 is 1.78 bits per heavy atom. The smallest absolute Gasteiger partial charge is 0.326 e. The molecule has 0 bridgehead atoms. The average Bonchev–Trinajstić information content (AvgIpc) is 2.64. The van der Waals surface area contributed by atoms with Gasteiger partial charge in [-0.2, -0.15) is 0 Å². The molecule has 0 aliphatic heterocycles. The molecule has 27 heavy (non-hydrogen) atoms. The predicted octanol–water partition coefficient (Wildman–Crippen LogP) is 4.17. The van der Waals surface area contributed by atoms with Crippen molar-refractivity contribution >= 4 is 17.8 Å². The number of rotatable bonds is 17. The molecule has 6 heteroatoms. The van der Waals surface area contributed by atoms with Gasteiger partial charge in [-0.1, -0.05) is 78.6 Å². The van der Waals surface area contributed by atoms with Crippen molar-refractivity contribution in [3.8, 4) is 0 Å². The van der Waals surface area contributed by atoms with Gasteiger partial charge in [0.25, 0.3) is 0 Å². The van der Waals surface area contributed by atoms with E-state index >= 15 is 0 Å². The van der Waals surface area contributed by atoms with E-state index in [-0.39, 0.29) is 11.8 Å². The van der Waals surface area contributed by atoms with E-state index in [1.807, 2.05) is 13.8 Å². The molecule has 0 saturated heterocycles. The number of hydrogen-bond acceptors (Lipinski definition) is 3. The lowest BCUT2D eigenvalue weighted by Gasteiger charge is -2.21. The summed E-state index contributed by atoms with van der Waals surface area (Å²) in [5.74, 6) is -1.53. The number of carbonyl (C=O) groups is 3. The van der Waals surface area contributed by atoms with Crippen LogP contribution in [0.2, 0.25) is 0 Å². The third-order valence-electron chi connectivity index (χ3n) is 4.72. The van der Waals surface area contributed by atoms with Crippen LogP contribution in [-0.4, -0.2) is 35.0 Å². The van der Waals surface area contributed by atoms with Crippen LogP contribution in [0, 0.1) is 0 Å². The summed E-state index contributed by atoms with van der Waals surface area (Å²) >= 11 is 0. The number of aliphatic carboxylic acids is 1. The summed E-state index contributed by atoms with van der Waals surface area (Å²) < 4.78 is 0. The average molecular weight is 385 g/mol. The SMILES string of the molecule is CCCCCCCCC(=O)NC(CCCC)C(=O)NC(CCCC)C(=O)O. The molecule has 0 fully saturated rings. The molecular formula is C21H40N2O4. The Labute approximate surface area is 164 Å². The van der Waals surface area contributed by atoms with E-state index in [0.717, 1.165) is 44.9 Å². The molecule has 0 aliphatic rings. The van der Waals surface area contributed by atoms with Gasteiger partial charge in [0.2, 0.25) is 11.8 Å². The fraction of sp³-hybridized carbons (Fsp3) is 0.857. The number of carboxylic acids is 1. The minimum absolute atomic E-state index is 0.123. The Balaban J connectivity index is 4.50. The van der Waals surface area contributed by atoms with Crippen LogP contribution in [0.5, 0.6) is 0 Å². The topological polar surface area (TPSA) is 95.5 Å². The first-order valence-electron chi connectivity index (χ1n) is 10.8. The summed E-state index contributed by atoms with van der Waals surface area (Å²) in [4.78, 5) is 36.1. The van der Waals surface area contributed by atoms with E-state index in [9.17, 15) is 19.5 Å². The Morgan fingerprint density at radius 1 is 0.704 bits per heavy atom. The highest BCUT2D eigenvalue weighted by atomic mass is 16.4. The van der Waals surface area contributed by atoms with Crippen molar-refractivity contribution in [3.63, 3.8) is 0 Å². The van der Waals surface area contributed by atoms with Crippen molar-refractivity contribution in [1.82, 2.24) is 10.6 Å². The van der Waals surface area contributed by atoms with Crippen molar-refractivity contribution in [2.75, 3.05) is 0 Å². The monoisotopic (exact) mass is 384 g/mol. The molecule has 0 aliphatic carbocycles. The number of carboxylic acid groups (broad SMARTS) is 1. The zero-order valence-electron chi connectivity index (χ0n) is 17.5. The molecule has 0 saturated carbocycles. The van der Waals surface area contributed by atoms with Gasteiger partial charge in [-0.05, 0) is 19.3 Å². The maximum atomic E-state index is 12.5. The second-order valence-corrected chi connectivity index (χ2v) is 7.32. The first-order valence-corrected chi connectivity index (χ1v) is 10.8. The molecule has 2 atom stereocenters. The zero-order valence-corrected chi connectivity index (χ0v) is 17.5. The minimum Gasteiger partial charge on any atom is -0.480 e. The molecular weight excluding hydrogens is 344 g/mol. The van der Waals surface area contributed by atoms with Crippen molar-refractivity contribution in [2.24, 2.45) is 0 Å². The van der Waals surface area contributed by atoms with Gasteiger partial charge in [-0.25, -0.2) is 4.79 Å². The molecule has 0 aromatic heterocycles. The van der Waals surface area contributed by atoms with E-state index in [0.29, 0.717) is 19.3 Å². The Kier molecular flexibility index (Phi) is 15.6. The first kappa shape index (κ1) is 25.4. The fourth-order valence-corrected chi connectivity index (χ4v) is 2.95. The van der Waals surface area contributed by atoms with E-state index in [1.165, 1.54) is 19.3 Å². The highest BCUT2D eigenvalue weighted by Gasteiger charge is 2.25. The van der Waals surface area contributed by atoms with Crippen molar-refractivity contribution in [2.45, 2.75) is 116 Å². The Hall–Kier alpha value is -1.59. The number of nitrogens with one attached hydrogen (secondary N) is 2. The normalized spacial score (nSPS) is 13.0. The summed E-state index contributed by atoms with van der Waals surface area (Å²) in [6.07, 6.45) is 11.3. The summed E-state index contributed by atoms with van der Waals surface area (Å²) in [5.41, 5.74) is 0. The molecule has 158 valence electrons. The van der Waals surface area contributed by atoms with Gasteiger partial charge in [0.05, 0.1) is 0 Å². The number of unbranched alkanes of at least 4 members (excludes halogenated alkanes) is 7. The predicted molar refractivity (Wildman–Crippen MR) is 109 cm³/mol. The molecule has 0 heterocycles. The van der Waals surface area contributed by atoms with Crippen LogP contribution in [-0.2, 0) is 14.4 Å². The van der Waals surface area contributed by atoms with Crippen molar-refractivity contribution in [3.05, 3.63) is 0 Å². The van der Waals surface area contributed by atoms with E-state index in [4.69, 9.17) is 0 Å². The van der Waals surface area contributed by atoms with Gasteiger partial charge < -0.3 is 15.7 Å². The highest BCUT2D eigenvalue weighted by molar-refractivity contribution is 5.90. The zero-order chi connectivity index (χ0) is 20.5.